The van der Waals surface area contributed by atoms with E-state index in [-0.39, 0.29) is 47.5 Å². The smallest absolute Gasteiger partial charge is 0.550 e. The summed E-state index contributed by atoms with van der Waals surface area (Å²) in [5.74, 6) is -0.800. The third kappa shape index (κ3) is 7.10. The predicted molar refractivity (Wildman–Crippen MR) is 155 cm³/mol. The van der Waals surface area contributed by atoms with Gasteiger partial charge >= 0.3 is 23.1 Å². The number of aliphatic carboxylic acids is 2. The van der Waals surface area contributed by atoms with Gasteiger partial charge in [-0.05, 0) is 46.5 Å². The Labute approximate surface area is 261 Å². The first-order chi connectivity index (χ1) is 19.3. The number of benzene rings is 4. The zero-order valence-corrected chi connectivity index (χ0v) is 24.9. The predicted octanol–water partition coefficient (Wildman–Crippen LogP) is 3.25. The van der Waals surface area contributed by atoms with Crippen LogP contribution in [0.4, 0.5) is 0 Å². The molecule has 4 aromatic carbocycles. The number of hydrogen-bond donors (Lipinski definition) is 0. The summed E-state index contributed by atoms with van der Waals surface area (Å²) in [4.78, 5) is 48.0. The van der Waals surface area contributed by atoms with E-state index in [1.54, 1.807) is 59.9 Å². The van der Waals surface area contributed by atoms with Gasteiger partial charge in [0.2, 0.25) is 0 Å². The molecule has 0 atom stereocenters. The van der Waals surface area contributed by atoms with E-state index in [1.807, 2.05) is 48.5 Å². The topological polar surface area (TPSA) is 114 Å². The van der Waals surface area contributed by atoms with Gasteiger partial charge < -0.3 is 19.8 Å². The molecule has 6 nitrogen and oxygen atoms in total. The number of rotatable bonds is 4. The maximum atomic E-state index is 12.5. The molecule has 9 heteroatoms. The summed E-state index contributed by atoms with van der Waals surface area (Å²) < 4.78 is 0. The van der Waals surface area contributed by atoms with Gasteiger partial charge in [0.05, 0.1) is 0 Å². The molecule has 2 heterocycles. The average molecular weight is 591 g/mol. The average Bonchev–Trinajstić information content (AvgIpc) is 3.17. The Morgan fingerprint density at radius 2 is 0.976 bits per heavy atom. The molecule has 0 N–H and O–H groups in total. The van der Waals surface area contributed by atoms with Crippen LogP contribution in [0.5, 0.6) is 0 Å². The van der Waals surface area contributed by atoms with Gasteiger partial charge in [-0.1, -0.05) is 60.7 Å². The second kappa shape index (κ2) is 13.5. The van der Waals surface area contributed by atoms with Gasteiger partial charge in [0.15, 0.2) is 11.6 Å². The third-order valence-corrected chi connectivity index (χ3v) is 8.78. The first kappa shape index (κ1) is 30.6. The standard InChI is InChI=1S/2C16H12O3S.Mg/c2*17-15(18)8-10-5-6-13-14(7-10)20-9-11-3-1-2-4-12(11)16(13)19;/h2*1-7H,8-9H2,(H,17,18);/q;;+2/p-2. The minimum absolute atomic E-state index is 0. The summed E-state index contributed by atoms with van der Waals surface area (Å²) in [5, 5.41) is 21.3. The molecule has 0 aliphatic carbocycles. The molecule has 4 aromatic rings. The van der Waals surface area contributed by atoms with Gasteiger partial charge in [0, 0.05) is 68.3 Å². The van der Waals surface area contributed by atoms with E-state index >= 15 is 0 Å². The first-order valence-electron chi connectivity index (χ1n) is 12.5. The van der Waals surface area contributed by atoms with Gasteiger partial charge in [-0.2, -0.15) is 0 Å². The Morgan fingerprint density at radius 3 is 1.37 bits per heavy atom. The van der Waals surface area contributed by atoms with E-state index in [1.165, 1.54) is 0 Å². The zero-order chi connectivity index (χ0) is 28.2. The second-order valence-corrected chi connectivity index (χ2v) is 11.3. The Hall–Kier alpha value is -3.37. The number of carbonyl (C=O) groups excluding carboxylic acids is 4. The Balaban J connectivity index is 0.000000184. The largest absolute Gasteiger partial charge is 2.00 e. The van der Waals surface area contributed by atoms with E-state index in [2.05, 4.69) is 0 Å². The number of carboxylic acid groups (broad SMARTS) is 2. The molecular formula is C32H22MgO6S2. The molecule has 0 amide bonds. The van der Waals surface area contributed by atoms with Crippen molar-refractivity contribution in [1.82, 2.24) is 0 Å². The summed E-state index contributed by atoms with van der Waals surface area (Å²) >= 11 is 3.13. The van der Waals surface area contributed by atoms with Crippen LogP contribution in [0.3, 0.4) is 0 Å². The van der Waals surface area contributed by atoms with Crippen molar-refractivity contribution >= 4 is 70.1 Å². The van der Waals surface area contributed by atoms with Crippen molar-refractivity contribution in [3.05, 3.63) is 129 Å². The van der Waals surface area contributed by atoms with Crippen molar-refractivity contribution in [1.29, 1.82) is 0 Å². The van der Waals surface area contributed by atoms with Crippen LogP contribution in [0.1, 0.15) is 54.1 Å². The van der Waals surface area contributed by atoms with Gasteiger partial charge in [-0.15, -0.1) is 23.5 Å². The van der Waals surface area contributed by atoms with E-state index in [4.69, 9.17) is 0 Å². The molecule has 0 saturated carbocycles. The fourth-order valence-corrected chi connectivity index (χ4v) is 6.86. The maximum absolute atomic E-state index is 12.5. The molecule has 0 radical (unpaired) electrons. The van der Waals surface area contributed by atoms with E-state index in [0.29, 0.717) is 33.8 Å². The fraction of sp³-hybridized carbons (Fsp3) is 0.125. The minimum Gasteiger partial charge on any atom is -0.550 e. The van der Waals surface area contributed by atoms with Gasteiger partial charge in [0.1, 0.15) is 0 Å². The number of fused-ring (bicyclic) bond motifs is 4. The molecule has 2 aliphatic rings. The number of ketones is 2. The van der Waals surface area contributed by atoms with Gasteiger partial charge in [-0.3, -0.25) is 9.59 Å². The van der Waals surface area contributed by atoms with Crippen LogP contribution in [-0.4, -0.2) is 46.6 Å². The van der Waals surface area contributed by atoms with Crippen LogP contribution in [0, 0.1) is 0 Å². The fourth-order valence-electron chi connectivity index (χ4n) is 4.64. The normalized spacial score (nSPS) is 13.0. The van der Waals surface area contributed by atoms with E-state index < -0.39 is 11.9 Å². The summed E-state index contributed by atoms with van der Waals surface area (Å²) in [6.45, 7) is 0. The minimum atomic E-state index is -1.11. The van der Waals surface area contributed by atoms with Crippen LogP contribution in [0.15, 0.2) is 94.7 Å². The van der Waals surface area contributed by atoms with Crippen molar-refractivity contribution in [3.8, 4) is 0 Å². The number of carboxylic acids is 2. The molecule has 0 aromatic heterocycles. The molecule has 2 aliphatic heterocycles. The first-order valence-corrected chi connectivity index (χ1v) is 14.4. The maximum Gasteiger partial charge on any atom is 2.00 e. The van der Waals surface area contributed by atoms with Crippen LogP contribution < -0.4 is 10.2 Å². The SMILES string of the molecule is O=C([O-])Cc1ccc2c(c1)SCc1ccccc1C2=O.O=C([O-])Cc1ccc2c(c1)SCc1ccccc1C2=O.[Mg+2]. The number of thioether (sulfide) groups is 2. The van der Waals surface area contributed by atoms with Crippen molar-refractivity contribution < 1.29 is 29.4 Å². The number of hydrogen-bond acceptors (Lipinski definition) is 8. The molecule has 0 fully saturated rings. The van der Waals surface area contributed by atoms with Crippen LogP contribution in [0.2, 0.25) is 0 Å². The zero-order valence-electron chi connectivity index (χ0n) is 21.9. The Morgan fingerprint density at radius 1 is 0.585 bits per heavy atom. The van der Waals surface area contributed by atoms with Crippen molar-refractivity contribution in [2.45, 2.75) is 34.1 Å². The van der Waals surface area contributed by atoms with Gasteiger partial charge in [-0.25, -0.2) is 0 Å². The van der Waals surface area contributed by atoms with Crippen LogP contribution >= 0.6 is 23.5 Å². The Bertz CT molecular complexity index is 1540. The molecule has 41 heavy (non-hydrogen) atoms. The summed E-state index contributed by atoms with van der Waals surface area (Å²) in [7, 11) is 0. The third-order valence-electron chi connectivity index (χ3n) is 6.57. The second-order valence-electron chi connectivity index (χ2n) is 9.31. The molecule has 0 bridgehead atoms. The Kier molecular flexibility index (Phi) is 10.1. The number of carbonyl (C=O) groups is 4. The van der Waals surface area contributed by atoms with Gasteiger partial charge in [0.25, 0.3) is 0 Å². The van der Waals surface area contributed by atoms with Crippen LogP contribution in [-0.2, 0) is 33.9 Å². The molecule has 0 saturated heterocycles. The van der Waals surface area contributed by atoms with E-state index in [0.717, 1.165) is 32.0 Å². The van der Waals surface area contributed by atoms with Crippen molar-refractivity contribution in [3.63, 3.8) is 0 Å². The molecule has 6 rings (SSSR count). The van der Waals surface area contributed by atoms with Crippen LogP contribution in [0.25, 0.3) is 0 Å². The quantitative estimate of drug-likeness (QED) is 0.333. The summed E-state index contributed by atoms with van der Waals surface area (Å²) in [6, 6.07) is 25.5. The molecular weight excluding hydrogens is 569 g/mol. The van der Waals surface area contributed by atoms with Crippen molar-refractivity contribution in [2.24, 2.45) is 0 Å². The monoisotopic (exact) mass is 590 g/mol. The van der Waals surface area contributed by atoms with Crippen molar-refractivity contribution in [2.75, 3.05) is 0 Å². The molecule has 200 valence electrons. The molecule has 0 spiro atoms. The summed E-state index contributed by atoms with van der Waals surface area (Å²) in [6.07, 6.45) is -0.260. The van der Waals surface area contributed by atoms with E-state index in [9.17, 15) is 29.4 Å². The molecule has 0 unspecified atom stereocenters. The summed E-state index contributed by atoms with van der Waals surface area (Å²) in [5.41, 5.74) is 6.09.